The van der Waals surface area contributed by atoms with Gasteiger partial charge in [0.15, 0.2) is 6.30 Å². The van der Waals surface area contributed by atoms with Gasteiger partial charge in [-0.3, -0.25) is 14.5 Å². The number of rotatable bonds is 20. The number of fused-ring (bicyclic) bond motifs is 4. The molecule has 7 rings (SSSR count). The minimum Gasteiger partial charge on any atom is -0.491 e. The number of halogens is 1. The topological polar surface area (TPSA) is 111 Å². The van der Waals surface area contributed by atoms with Gasteiger partial charge in [-0.2, -0.15) is 0 Å². The molecule has 0 spiro atoms. The first-order valence-corrected chi connectivity index (χ1v) is 20.9. The maximum Gasteiger partial charge on any atom is 0.260 e. The molecular formula is C49H52FN3O8. The number of alkyl halides is 1. The number of ketones is 1. The lowest BCUT2D eigenvalue weighted by Crippen LogP contribution is -2.35. The number of hydrogen-bond acceptors (Lipinski definition) is 9. The van der Waals surface area contributed by atoms with E-state index in [0.29, 0.717) is 115 Å². The van der Waals surface area contributed by atoms with Crippen molar-refractivity contribution in [2.45, 2.75) is 51.9 Å². The Hall–Kier alpha value is -5.84. The minimum absolute atomic E-state index is 0.106. The summed E-state index contributed by atoms with van der Waals surface area (Å²) in [7, 11) is 0. The van der Waals surface area contributed by atoms with Crippen molar-refractivity contribution in [1.29, 1.82) is 0 Å². The van der Waals surface area contributed by atoms with E-state index in [-0.39, 0.29) is 17.7 Å². The molecule has 11 nitrogen and oxygen atoms in total. The third-order valence-electron chi connectivity index (χ3n) is 10.9. The van der Waals surface area contributed by atoms with Crippen LogP contribution in [0.15, 0.2) is 96.6 Å². The number of ether oxygens (including phenoxy) is 6. The zero-order valence-corrected chi connectivity index (χ0v) is 34.8. The normalized spacial score (nSPS) is 17.1. The van der Waals surface area contributed by atoms with Crippen molar-refractivity contribution in [3.63, 3.8) is 0 Å². The number of allylic oxidation sites excluding steroid dienone is 3. The van der Waals surface area contributed by atoms with Gasteiger partial charge < -0.3 is 33.0 Å². The predicted molar refractivity (Wildman–Crippen MR) is 233 cm³/mol. The van der Waals surface area contributed by atoms with Gasteiger partial charge in [-0.15, -0.1) is 11.5 Å². The Labute approximate surface area is 356 Å². The largest absolute Gasteiger partial charge is 0.491 e. The van der Waals surface area contributed by atoms with Gasteiger partial charge in [0.1, 0.15) is 24.7 Å². The molecule has 3 heterocycles. The number of pyridine rings is 1. The second kappa shape index (κ2) is 21.1. The summed E-state index contributed by atoms with van der Waals surface area (Å²) in [5.74, 6) is 1.23. The molecule has 2 atom stereocenters. The highest BCUT2D eigenvalue weighted by Crippen LogP contribution is 2.40. The Morgan fingerprint density at radius 3 is 2.25 bits per heavy atom. The molecule has 2 aliphatic carbocycles. The summed E-state index contributed by atoms with van der Waals surface area (Å²) in [6, 6.07) is 15.0. The van der Waals surface area contributed by atoms with Crippen LogP contribution in [0.3, 0.4) is 0 Å². The predicted octanol–water partition coefficient (Wildman–Crippen LogP) is 8.95. The first-order valence-electron chi connectivity index (χ1n) is 20.9. The van der Waals surface area contributed by atoms with Gasteiger partial charge in [-0.05, 0) is 80.8 Å². The second-order valence-electron chi connectivity index (χ2n) is 14.7. The number of aromatic nitrogens is 2. The van der Waals surface area contributed by atoms with Gasteiger partial charge in [-0.25, -0.2) is 9.37 Å². The summed E-state index contributed by atoms with van der Waals surface area (Å²) in [5, 5.41) is 0.974. The molecule has 2 aromatic carbocycles. The molecule has 1 aliphatic heterocycles. The van der Waals surface area contributed by atoms with E-state index in [1.54, 1.807) is 34.7 Å². The van der Waals surface area contributed by atoms with Crippen molar-refractivity contribution in [2.24, 2.45) is 0 Å². The van der Waals surface area contributed by atoms with Crippen LogP contribution in [0.4, 0.5) is 4.39 Å². The second-order valence-corrected chi connectivity index (χ2v) is 14.7. The quantitative estimate of drug-likeness (QED) is 0.0373. The van der Waals surface area contributed by atoms with Gasteiger partial charge in [0.2, 0.25) is 5.88 Å². The van der Waals surface area contributed by atoms with Crippen LogP contribution in [0.25, 0.3) is 39.9 Å². The van der Waals surface area contributed by atoms with Crippen molar-refractivity contribution < 1.29 is 42.4 Å². The molecule has 0 radical (unpaired) electrons. The molecule has 4 aromatic rings. The fraction of sp³-hybridized carbons (Fsp3) is 0.367. The van der Waals surface area contributed by atoms with Crippen LogP contribution in [-0.4, -0.2) is 98.3 Å². The SMILES string of the molecule is C=C=C1c2cc(OCCOCCOCCOCCOCCOc3ccc(-c4ccc5c6c(n(C(C)F)c5c4)C=CC=C=C6)cn3)ccc2C(=O)N1C1CCC(=O)CC/C1=C\C. The highest BCUT2D eigenvalue weighted by molar-refractivity contribution is 6.09. The average molecular weight is 830 g/mol. The third-order valence-corrected chi connectivity index (χ3v) is 10.9. The van der Waals surface area contributed by atoms with Crippen LogP contribution in [0, 0.1) is 0 Å². The van der Waals surface area contributed by atoms with E-state index < -0.39 is 6.30 Å². The molecule has 1 saturated carbocycles. The number of carbonyl (C=O) groups is 2. The summed E-state index contributed by atoms with van der Waals surface area (Å²) >= 11 is 0. The number of benzene rings is 2. The Balaban J connectivity index is 0.720. The Bertz CT molecular complexity index is 2380. The summed E-state index contributed by atoms with van der Waals surface area (Å²) in [6.07, 6.45) is 12.3. The Morgan fingerprint density at radius 2 is 1.57 bits per heavy atom. The van der Waals surface area contributed by atoms with Gasteiger partial charge >= 0.3 is 0 Å². The molecule has 1 fully saturated rings. The Morgan fingerprint density at radius 1 is 0.869 bits per heavy atom. The highest BCUT2D eigenvalue weighted by Gasteiger charge is 2.39. The molecular weight excluding hydrogens is 778 g/mol. The number of hydrogen-bond donors (Lipinski definition) is 0. The van der Waals surface area contributed by atoms with Crippen LogP contribution < -0.4 is 9.47 Å². The van der Waals surface area contributed by atoms with Crippen molar-refractivity contribution in [2.75, 3.05) is 66.1 Å². The van der Waals surface area contributed by atoms with E-state index in [0.717, 1.165) is 44.4 Å². The molecule has 61 heavy (non-hydrogen) atoms. The number of carbonyl (C=O) groups excluding carboxylic acids is 2. The average Bonchev–Trinajstić information content (AvgIpc) is 3.48. The van der Waals surface area contributed by atoms with Gasteiger partial charge in [0.25, 0.3) is 5.91 Å². The molecule has 0 bridgehead atoms. The van der Waals surface area contributed by atoms with Gasteiger partial charge in [0.05, 0.1) is 81.4 Å². The van der Waals surface area contributed by atoms with E-state index in [2.05, 4.69) is 23.0 Å². The number of amides is 1. The fourth-order valence-electron chi connectivity index (χ4n) is 7.91. The summed E-state index contributed by atoms with van der Waals surface area (Å²) < 4.78 is 50.7. The van der Waals surface area contributed by atoms with Crippen molar-refractivity contribution in [3.8, 4) is 22.8 Å². The standard InChI is InChI=1S/C49H52FN3O8/c1-4-35-11-14-38(54)15-19-45(35)53-44(5-2)43-32-39(16-18-42(43)49(53)55)60-29-27-58-25-23-56-21-22-57-24-26-59-28-30-61-48-20-13-37(33-51-48)36-12-17-41-40-9-7-6-8-10-46(40)52(34(3)50)47(41)31-36/h4,6,8-10,12-13,16-18,20,31-34,45H,2,11,14-15,19,21-30H2,1,3H3/b35-4+. The molecule has 0 saturated heterocycles. The molecule has 2 aromatic heterocycles. The highest BCUT2D eigenvalue weighted by atomic mass is 19.1. The monoisotopic (exact) mass is 829 g/mol. The van der Waals surface area contributed by atoms with Gasteiger partial charge in [0, 0.05) is 47.2 Å². The first kappa shape index (κ1) is 43.3. The number of Topliss-reactive ketones (excluding diaryl/α,β-unsaturated/α-hetero) is 1. The minimum atomic E-state index is -1.19. The van der Waals surface area contributed by atoms with E-state index in [4.69, 9.17) is 28.4 Å². The van der Waals surface area contributed by atoms with Crippen molar-refractivity contribution in [1.82, 2.24) is 14.5 Å². The maximum absolute atomic E-state index is 14.8. The zero-order valence-electron chi connectivity index (χ0n) is 34.8. The molecule has 1 amide bonds. The fourth-order valence-corrected chi connectivity index (χ4v) is 7.91. The lowest BCUT2D eigenvalue weighted by Gasteiger charge is -2.29. The van der Waals surface area contributed by atoms with Crippen LogP contribution in [-0.2, 0) is 23.7 Å². The summed E-state index contributed by atoms with van der Waals surface area (Å²) in [6.45, 7) is 11.4. The van der Waals surface area contributed by atoms with E-state index >= 15 is 0 Å². The van der Waals surface area contributed by atoms with Gasteiger partial charge in [-0.1, -0.05) is 36.4 Å². The summed E-state index contributed by atoms with van der Waals surface area (Å²) in [4.78, 5) is 31.9. The van der Waals surface area contributed by atoms with Crippen molar-refractivity contribution >= 4 is 40.4 Å². The number of nitrogens with zero attached hydrogens (tertiary/aromatic N) is 3. The van der Waals surface area contributed by atoms with E-state index in [1.165, 1.54) is 0 Å². The molecule has 2 unspecified atom stereocenters. The third kappa shape index (κ3) is 10.4. The lowest BCUT2D eigenvalue weighted by molar-refractivity contribution is -0.118. The molecule has 12 heteroatoms. The van der Waals surface area contributed by atoms with Crippen molar-refractivity contribution in [3.05, 3.63) is 119 Å². The van der Waals surface area contributed by atoms with Crippen LogP contribution in [0.5, 0.6) is 11.6 Å². The first-order chi connectivity index (χ1) is 29.9. The summed E-state index contributed by atoms with van der Waals surface area (Å²) in [5.41, 5.74) is 13.6. The van der Waals surface area contributed by atoms with Crippen LogP contribution >= 0.6 is 0 Å². The molecule has 0 N–H and O–H groups in total. The van der Waals surface area contributed by atoms with E-state index in [1.807, 2.05) is 73.7 Å². The molecule has 318 valence electrons. The lowest BCUT2D eigenvalue weighted by atomic mass is 10.00. The Kier molecular flexibility index (Phi) is 15.0. The van der Waals surface area contributed by atoms with Crippen LogP contribution in [0.1, 0.15) is 73.0 Å². The van der Waals surface area contributed by atoms with E-state index in [9.17, 15) is 14.0 Å². The van der Waals surface area contributed by atoms with Crippen LogP contribution in [0.2, 0.25) is 0 Å². The zero-order chi connectivity index (χ0) is 42.6. The maximum atomic E-state index is 14.8. The molecule has 3 aliphatic rings. The smallest absolute Gasteiger partial charge is 0.260 e.